The van der Waals surface area contributed by atoms with Gasteiger partial charge in [-0.2, -0.15) is 0 Å². The molecule has 0 aromatic heterocycles. The third-order valence-electron chi connectivity index (χ3n) is 3.09. The van der Waals surface area contributed by atoms with Crippen molar-refractivity contribution in [3.63, 3.8) is 0 Å². The van der Waals surface area contributed by atoms with E-state index in [1.54, 1.807) is 0 Å². The van der Waals surface area contributed by atoms with Crippen molar-refractivity contribution in [3.8, 4) is 5.75 Å². The number of carbonyl (C=O) groups is 1. The molecule has 2 atom stereocenters. The van der Waals surface area contributed by atoms with Gasteiger partial charge in [0.1, 0.15) is 10.6 Å². The van der Waals surface area contributed by atoms with Crippen molar-refractivity contribution in [2.75, 3.05) is 5.32 Å². The third-order valence-corrected chi connectivity index (χ3v) is 3.78. The summed E-state index contributed by atoms with van der Waals surface area (Å²) in [7, 11) is 0. The number of carbonyl (C=O) groups excluding carboxylic acids is 1. The number of halogens is 1. The number of anilines is 1. The molecule has 1 aromatic carbocycles. The molecule has 2 rings (SSSR count). The van der Waals surface area contributed by atoms with Gasteiger partial charge in [0.25, 0.3) is 0 Å². The fraction of sp³-hybridized carbons (Fsp3) is 0.500. The Balaban J connectivity index is 1.96. The van der Waals surface area contributed by atoms with Crippen molar-refractivity contribution in [2.24, 2.45) is 5.92 Å². The van der Waals surface area contributed by atoms with Crippen LogP contribution in [0, 0.1) is 5.92 Å². The maximum atomic E-state index is 11.9. The topological polar surface area (TPSA) is 38.3 Å². The Hall–Kier alpha value is -1.22. The summed E-state index contributed by atoms with van der Waals surface area (Å²) in [6.07, 6.45) is 0.887. The largest absolute Gasteiger partial charge is 0.491 e. The molecule has 1 saturated carbocycles. The Bertz CT molecular complexity index is 444. The zero-order valence-electron chi connectivity index (χ0n) is 10.9. The summed E-state index contributed by atoms with van der Waals surface area (Å²) in [6.45, 7) is 5.93. The number of hydrogen-bond donors (Lipinski definition) is 1. The molecule has 1 aromatic rings. The molecular weight excluding hydrogens is 250 g/mol. The molecule has 1 amide bonds. The lowest BCUT2D eigenvalue weighted by molar-refractivity contribution is -0.116. The predicted molar refractivity (Wildman–Crippen MR) is 73.2 cm³/mol. The molecule has 0 spiro atoms. The van der Waals surface area contributed by atoms with Gasteiger partial charge in [-0.1, -0.05) is 6.92 Å². The highest BCUT2D eigenvalue weighted by Gasteiger charge is 2.56. The number of amides is 1. The van der Waals surface area contributed by atoms with E-state index >= 15 is 0 Å². The van der Waals surface area contributed by atoms with Crippen LogP contribution in [-0.2, 0) is 4.79 Å². The maximum Gasteiger partial charge on any atom is 0.245 e. The van der Waals surface area contributed by atoms with E-state index in [1.807, 2.05) is 45.0 Å². The summed E-state index contributed by atoms with van der Waals surface area (Å²) in [5.41, 5.74) is 0.746. The summed E-state index contributed by atoms with van der Waals surface area (Å²) in [5.74, 6) is 0.931. The fourth-order valence-electron chi connectivity index (χ4n) is 1.83. The fourth-order valence-corrected chi connectivity index (χ4v) is 2.11. The van der Waals surface area contributed by atoms with Crippen molar-refractivity contribution in [1.29, 1.82) is 0 Å². The number of alkyl halides is 1. The van der Waals surface area contributed by atoms with Gasteiger partial charge >= 0.3 is 0 Å². The van der Waals surface area contributed by atoms with Crippen molar-refractivity contribution in [3.05, 3.63) is 24.3 Å². The molecule has 18 heavy (non-hydrogen) atoms. The van der Waals surface area contributed by atoms with E-state index in [4.69, 9.17) is 16.3 Å². The Labute approximate surface area is 112 Å². The number of rotatable bonds is 4. The normalized spacial score (nSPS) is 25.9. The van der Waals surface area contributed by atoms with Crippen LogP contribution < -0.4 is 10.1 Å². The average Bonchev–Trinajstić information content (AvgIpc) is 2.90. The van der Waals surface area contributed by atoms with Crippen LogP contribution in [0.4, 0.5) is 5.69 Å². The molecule has 0 bridgehead atoms. The minimum Gasteiger partial charge on any atom is -0.491 e. The maximum absolute atomic E-state index is 11.9. The Kier molecular flexibility index (Phi) is 3.53. The van der Waals surface area contributed by atoms with Crippen LogP contribution in [-0.4, -0.2) is 16.9 Å². The van der Waals surface area contributed by atoms with Gasteiger partial charge in [-0.05, 0) is 50.5 Å². The second-order valence-electron chi connectivity index (χ2n) is 5.11. The molecule has 0 saturated heterocycles. The van der Waals surface area contributed by atoms with Gasteiger partial charge < -0.3 is 10.1 Å². The molecule has 0 aliphatic heterocycles. The van der Waals surface area contributed by atoms with Crippen LogP contribution in [0.15, 0.2) is 24.3 Å². The molecule has 1 fully saturated rings. The molecule has 98 valence electrons. The van der Waals surface area contributed by atoms with Gasteiger partial charge in [0, 0.05) is 5.69 Å². The predicted octanol–water partition coefficient (Wildman–Crippen LogP) is 3.43. The molecule has 1 aliphatic carbocycles. The van der Waals surface area contributed by atoms with Crippen LogP contribution in [0.3, 0.4) is 0 Å². The van der Waals surface area contributed by atoms with Crippen molar-refractivity contribution in [2.45, 2.75) is 38.2 Å². The average molecular weight is 268 g/mol. The minimum absolute atomic E-state index is 0.116. The lowest BCUT2D eigenvalue weighted by Gasteiger charge is -2.12. The number of hydrogen-bond acceptors (Lipinski definition) is 2. The first-order chi connectivity index (χ1) is 8.41. The quantitative estimate of drug-likeness (QED) is 0.849. The van der Waals surface area contributed by atoms with Gasteiger partial charge in [0.15, 0.2) is 0 Å². The summed E-state index contributed by atoms with van der Waals surface area (Å²) in [4.78, 5) is 11.2. The molecule has 0 heterocycles. The van der Waals surface area contributed by atoms with E-state index in [1.165, 1.54) is 0 Å². The smallest absolute Gasteiger partial charge is 0.245 e. The van der Waals surface area contributed by atoms with E-state index in [2.05, 4.69) is 5.32 Å². The lowest BCUT2D eigenvalue weighted by atomic mass is 10.2. The van der Waals surface area contributed by atoms with Gasteiger partial charge in [0.2, 0.25) is 5.91 Å². The van der Waals surface area contributed by atoms with E-state index < -0.39 is 4.87 Å². The highest BCUT2D eigenvalue weighted by Crippen LogP contribution is 2.49. The van der Waals surface area contributed by atoms with Gasteiger partial charge in [0.05, 0.1) is 6.10 Å². The number of benzene rings is 1. The van der Waals surface area contributed by atoms with Crippen molar-refractivity contribution >= 4 is 23.2 Å². The first kappa shape index (κ1) is 13.2. The minimum atomic E-state index is -0.701. The third kappa shape index (κ3) is 2.78. The molecule has 2 unspecified atom stereocenters. The van der Waals surface area contributed by atoms with E-state index in [9.17, 15) is 4.79 Å². The van der Waals surface area contributed by atoms with Crippen LogP contribution >= 0.6 is 11.6 Å². The van der Waals surface area contributed by atoms with Gasteiger partial charge in [-0.25, -0.2) is 0 Å². The van der Waals surface area contributed by atoms with Crippen LogP contribution in [0.1, 0.15) is 27.2 Å². The second kappa shape index (κ2) is 4.81. The molecule has 1 N–H and O–H groups in total. The summed E-state index contributed by atoms with van der Waals surface area (Å²) < 4.78 is 5.53. The number of ether oxygens (including phenoxy) is 1. The van der Waals surface area contributed by atoms with Gasteiger partial charge in [-0.3, -0.25) is 4.79 Å². The monoisotopic (exact) mass is 267 g/mol. The van der Waals surface area contributed by atoms with E-state index in [0.29, 0.717) is 0 Å². The van der Waals surface area contributed by atoms with Crippen molar-refractivity contribution in [1.82, 2.24) is 0 Å². The zero-order valence-corrected chi connectivity index (χ0v) is 11.6. The Morgan fingerprint density at radius 2 is 2.00 bits per heavy atom. The summed E-state index contributed by atoms with van der Waals surface area (Å²) >= 11 is 6.16. The van der Waals surface area contributed by atoms with Crippen LogP contribution in [0.25, 0.3) is 0 Å². The van der Waals surface area contributed by atoms with Crippen molar-refractivity contribution < 1.29 is 9.53 Å². The summed E-state index contributed by atoms with van der Waals surface area (Å²) in [6, 6.07) is 7.32. The Morgan fingerprint density at radius 1 is 1.44 bits per heavy atom. The first-order valence-electron chi connectivity index (χ1n) is 6.19. The molecule has 0 radical (unpaired) electrons. The Morgan fingerprint density at radius 3 is 2.44 bits per heavy atom. The zero-order chi connectivity index (χ0) is 13.3. The second-order valence-corrected chi connectivity index (χ2v) is 5.79. The highest BCUT2D eigenvalue weighted by atomic mass is 35.5. The molecular formula is C14H18ClNO2. The van der Waals surface area contributed by atoms with Gasteiger partial charge in [-0.15, -0.1) is 11.6 Å². The highest BCUT2D eigenvalue weighted by molar-refractivity contribution is 6.39. The molecule has 1 aliphatic rings. The molecule has 3 nitrogen and oxygen atoms in total. The van der Waals surface area contributed by atoms with Crippen LogP contribution in [0.5, 0.6) is 5.75 Å². The van der Waals surface area contributed by atoms with E-state index in [0.717, 1.165) is 17.9 Å². The SMILES string of the molecule is CC(C)Oc1ccc(NC(=O)C2(Cl)CC2C)cc1. The van der Waals surface area contributed by atoms with Crippen LogP contribution in [0.2, 0.25) is 0 Å². The molecule has 4 heteroatoms. The lowest BCUT2D eigenvalue weighted by Crippen LogP contribution is -2.26. The first-order valence-corrected chi connectivity index (χ1v) is 6.56. The standard InChI is InChI=1S/C14H18ClNO2/c1-9(2)18-12-6-4-11(5-7-12)16-13(17)14(15)8-10(14)3/h4-7,9-10H,8H2,1-3H3,(H,16,17). The number of nitrogens with one attached hydrogen (secondary N) is 1. The summed E-state index contributed by atoms with van der Waals surface area (Å²) in [5, 5.41) is 2.83. The van der Waals surface area contributed by atoms with E-state index in [-0.39, 0.29) is 17.9 Å².